The molecule has 1 saturated heterocycles. The number of carboxylic acid groups (broad SMARTS) is 1. The van der Waals surface area contributed by atoms with E-state index in [1.165, 1.54) is 4.31 Å². The quantitative estimate of drug-likeness (QED) is 0.800. The van der Waals surface area contributed by atoms with Crippen LogP contribution >= 0.6 is 0 Å². The molecule has 1 atom stereocenters. The molecule has 1 heterocycles. The Labute approximate surface area is 130 Å². The van der Waals surface area contributed by atoms with E-state index in [0.717, 1.165) is 5.56 Å². The van der Waals surface area contributed by atoms with Crippen LogP contribution in [0.1, 0.15) is 23.6 Å². The second-order valence-corrected chi connectivity index (χ2v) is 6.90. The van der Waals surface area contributed by atoms with Gasteiger partial charge in [-0.15, -0.1) is 0 Å². The number of hydrogen-bond donors (Lipinski definition) is 2. The van der Waals surface area contributed by atoms with Crippen LogP contribution in [0, 0.1) is 6.92 Å². The highest BCUT2D eigenvalue weighted by Gasteiger charge is 2.28. The molecule has 0 radical (unpaired) electrons. The van der Waals surface area contributed by atoms with Crippen molar-refractivity contribution in [3.8, 4) is 0 Å². The summed E-state index contributed by atoms with van der Waals surface area (Å²) in [6.07, 6.45) is -0.313. The highest BCUT2D eigenvalue weighted by Crippen LogP contribution is 2.20. The normalized spacial score (nSPS) is 18.0. The van der Waals surface area contributed by atoms with Gasteiger partial charge >= 0.3 is 5.97 Å². The van der Waals surface area contributed by atoms with Crippen LogP contribution in [0.3, 0.4) is 0 Å². The highest BCUT2D eigenvalue weighted by atomic mass is 32.2. The van der Waals surface area contributed by atoms with Crippen molar-refractivity contribution >= 4 is 16.2 Å². The van der Waals surface area contributed by atoms with Crippen molar-refractivity contribution < 1.29 is 23.1 Å². The predicted molar refractivity (Wildman–Crippen MR) is 80.6 cm³/mol. The number of rotatable bonds is 6. The van der Waals surface area contributed by atoms with Gasteiger partial charge in [0.1, 0.15) is 0 Å². The molecule has 0 aromatic heterocycles. The maximum Gasteiger partial charge on any atom is 0.305 e. The van der Waals surface area contributed by atoms with E-state index in [1.54, 1.807) is 12.1 Å². The van der Waals surface area contributed by atoms with Crippen LogP contribution in [0.25, 0.3) is 0 Å². The van der Waals surface area contributed by atoms with Crippen LogP contribution in [-0.2, 0) is 19.7 Å². The average molecular weight is 328 g/mol. The molecular weight excluding hydrogens is 308 g/mol. The molecule has 1 aromatic carbocycles. The van der Waals surface area contributed by atoms with Crippen molar-refractivity contribution in [1.82, 2.24) is 9.03 Å². The smallest absolute Gasteiger partial charge is 0.305 e. The zero-order chi connectivity index (χ0) is 16.2. The molecule has 122 valence electrons. The summed E-state index contributed by atoms with van der Waals surface area (Å²) in [5.74, 6) is -1.06. The van der Waals surface area contributed by atoms with Crippen molar-refractivity contribution in [1.29, 1.82) is 0 Å². The van der Waals surface area contributed by atoms with Crippen molar-refractivity contribution in [3.05, 3.63) is 35.4 Å². The van der Waals surface area contributed by atoms with E-state index in [1.807, 2.05) is 19.1 Å². The molecule has 22 heavy (non-hydrogen) atoms. The molecule has 0 saturated carbocycles. The maximum absolute atomic E-state index is 12.4. The SMILES string of the molecule is Cc1ccc(C(CC(=O)O)NS(=O)(=O)N2CCOCC2)cc1. The molecule has 0 bridgehead atoms. The van der Waals surface area contributed by atoms with Gasteiger partial charge in [0.15, 0.2) is 0 Å². The Balaban J connectivity index is 2.18. The van der Waals surface area contributed by atoms with E-state index in [-0.39, 0.29) is 19.5 Å². The topological polar surface area (TPSA) is 95.9 Å². The van der Waals surface area contributed by atoms with Crippen molar-refractivity contribution in [2.45, 2.75) is 19.4 Å². The summed E-state index contributed by atoms with van der Waals surface area (Å²) >= 11 is 0. The van der Waals surface area contributed by atoms with E-state index in [2.05, 4.69) is 4.72 Å². The highest BCUT2D eigenvalue weighted by molar-refractivity contribution is 7.87. The number of nitrogens with one attached hydrogen (secondary N) is 1. The number of aryl methyl sites for hydroxylation is 1. The number of aliphatic carboxylic acids is 1. The lowest BCUT2D eigenvalue weighted by Crippen LogP contribution is -2.47. The monoisotopic (exact) mass is 328 g/mol. The van der Waals surface area contributed by atoms with E-state index in [0.29, 0.717) is 18.8 Å². The lowest BCUT2D eigenvalue weighted by Gasteiger charge is -2.28. The van der Waals surface area contributed by atoms with E-state index >= 15 is 0 Å². The Kier molecular flexibility index (Phi) is 5.52. The average Bonchev–Trinajstić information content (AvgIpc) is 2.47. The molecule has 1 aliphatic heterocycles. The second-order valence-electron chi connectivity index (χ2n) is 5.20. The third-order valence-corrected chi connectivity index (χ3v) is 5.09. The molecule has 1 aliphatic rings. The lowest BCUT2D eigenvalue weighted by molar-refractivity contribution is -0.137. The van der Waals surface area contributed by atoms with Gasteiger partial charge in [0, 0.05) is 13.1 Å². The molecule has 1 fully saturated rings. The second kappa shape index (κ2) is 7.19. The van der Waals surface area contributed by atoms with Gasteiger partial charge in [-0.3, -0.25) is 4.79 Å². The first-order chi connectivity index (χ1) is 10.4. The zero-order valence-corrected chi connectivity index (χ0v) is 13.2. The minimum absolute atomic E-state index is 0.267. The van der Waals surface area contributed by atoms with Gasteiger partial charge in [-0.05, 0) is 12.5 Å². The summed E-state index contributed by atoms with van der Waals surface area (Å²) in [6.45, 7) is 3.13. The number of carboxylic acids is 1. The van der Waals surface area contributed by atoms with Gasteiger partial charge < -0.3 is 9.84 Å². The Morgan fingerprint density at radius 1 is 1.32 bits per heavy atom. The number of carbonyl (C=O) groups is 1. The molecule has 2 N–H and O–H groups in total. The number of nitrogens with zero attached hydrogens (tertiary/aromatic N) is 1. The van der Waals surface area contributed by atoms with E-state index in [4.69, 9.17) is 9.84 Å². The molecular formula is C14H20N2O5S. The van der Waals surface area contributed by atoms with Gasteiger partial charge in [0.05, 0.1) is 25.7 Å². The van der Waals surface area contributed by atoms with Crippen LogP contribution < -0.4 is 4.72 Å². The van der Waals surface area contributed by atoms with Gasteiger partial charge in [-0.25, -0.2) is 0 Å². The summed E-state index contributed by atoms with van der Waals surface area (Å²) in [4.78, 5) is 11.0. The van der Waals surface area contributed by atoms with Gasteiger partial charge in [-0.2, -0.15) is 17.4 Å². The van der Waals surface area contributed by atoms with Gasteiger partial charge in [0.25, 0.3) is 10.2 Å². The molecule has 0 spiro atoms. The molecule has 1 unspecified atom stereocenters. The molecule has 0 aliphatic carbocycles. The van der Waals surface area contributed by atoms with Crippen molar-refractivity contribution in [3.63, 3.8) is 0 Å². The standard InChI is InChI=1S/C14H20N2O5S/c1-11-2-4-12(5-3-11)13(10-14(17)18)15-22(19,20)16-6-8-21-9-7-16/h2-5,13,15H,6-10H2,1H3,(H,17,18). The Morgan fingerprint density at radius 3 is 2.45 bits per heavy atom. The first-order valence-corrected chi connectivity index (χ1v) is 8.46. The summed E-state index contributed by atoms with van der Waals surface area (Å²) < 4.78 is 33.7. The first-order valence-electron chi connectivity index (χ1n) is 7.02. The molecule has 7 nitrogen and oxygen atoms in total. The maximum atomic E-state index is 12.4. The lowest BCUT2D eigenvalue weighted by atomic mass is 10.0. The van der Waals surface area contributed by atoms with Crippen molar-refractivity contribution in [2.75, 3.05) is 26.3 Å². The summed E-state index contributed by atoms with van der Waals surface area (Å²) in [5, 5.41) is 9.04. The van der Waals surface area contributed by atoms with Crippen LogP contribution in [0.5, 0.6) is 0 Å². The zero-order valence-electron chi connectivity index (χ0n) is 12.4. The van der Waals surface area contributed by atoms with Gasteiger partial charge in [0.2, 0.25) is 0 Å². The molecule has 2 rings (SSSR count). The predicted octanol–water partition coefficient (Wildman–Crippen LogP) is 0.677. The minimum Gasteiger partial charge on any atom is -0.481 e. The number of benzene rings is 1. The minimum atomic E-state index is -3.75. The third kappa shape index (κ3) is 4.51. The van der Waals surface area contributed by atoms with Crippen LogP contribution in [0.4, 0.5) is 0 Å². The van der Waals surface area contributed by atoms with E-state index < -0.39 is 22.2 Å². The summed E-state index contributed by atoms with van der Waals surface area (Å²) in [6, 6.07) is 6.33. The molecule has 1 aromatic rings. The van der Waals surface area contributed by atoms with Crippen LogP contribution in [-0.4, -0.2) is 50.1 Å². The van der Waals surface area contributed by atoms with Crippen LogP contribution in [0.15, 0.2) is 24.3 Å². The summed E-state index contributed by atoms with van der Waals surface area (Å²) in [7, 11) is -3.75. The summed E-state index contributed by atoms with van der Waals surface area (Å²) in [5.41, 5.74) is 1.65. The third-order valence-electron chi connectivity index (χ3n) is 3.46. The van der Waals surface area contributed by atoms with Crippen LogP contribution in [0.2, 0.25) is 0 Å². The fourth-order valence-electron chi connectivity index (χ4n) is 2.24. The van der Waals surface area contributed by atoms with Gasteiger partial charge in [-0.1, -0.05) is 29.8 Å². The number of hydrogen-bond acceptors (Lipinski definition) is 4. The fourth-order valence-corrected chi connectivity index (χ4v) is 3.60. The number of ether oxygens (including phenoxy) is 1. The first kappa shape index (κ1) is 16.9. The van der Waals surface area contributed by atoms with Crippen molar-refractivity contribution in [2.24, 2.45) is 0 Å². The fraction of sp³-hybridized carbons (Fsp3) is 0.500. The molecule has 8 heteroatoms. The van der Waals surface area contributed by atoms with E-state index in [9.17, 15) is 13.2 Å². The number of morpholine rings is 1. The Hall–Kier alpha value is -1.48. The Bertz CT molecular complexity index is 609. The molecule has 0 amide bonds. The Morgan fingerprint density at radius 2 is 1.91 bits per heavy atom. The largest absolute Gasteiger partial charge is 0.481 e.